The summed E-state index contributed by atoms with van der Waals surface area (Å²) in [5.41, 5.74) is 3.07. The first kappa shape index (κ1) is 18.6. The van der Waals surface area contributed by atoms with Gasteiger partial charge in [0.2, 0.25) is 5.76 Å². The van der Waals surface area contributed by atoms with E-state index in [4.69, 9.17) is 4.52 Å². The molecule has 1 saturated carbocycles. The first-order valence-corrected chi connectivity index (χ1v) is 9.66. The number of hydrogen-bond acceptors (Lipinski definition) is 5. The molecule has 30 heavy (non-hydrogen) atoms. The van der Waals surface area contributed by atoms with Gasteiger partial charge in [-0.3, -0.25) is 4.79 Å². The highest BCUT2D eigenvalue weighted by Crippen LogP contribution is 2.48. The van der Waals surface area contributed by atoms with Gasteiger partial charge < -0.3 is 20.1 Å². The third kappa shape index (κ3) is 2.81. The van der Waals surface area contributed by atoms with Crippen molar-refractivity contribution in [1.82, 2.24) is 5.16 Å². The first-order chi connectivity index (χ1) is 14.4. The summed E-state index contributed by atoms with van der Waals surface area (Å²) in [4.78, 5) is 12.5. The molecular formula is C23H19FN2O4. The third-order valence-corrected chi connectivity index (χ3v) is 5.91. The summed E-state index contributed by atoms with van der Waals surface area (Å²) in [6.45, 7) is 1.80. The molecule has 1 aromatic heterocycles. The fourth-order valence-corrected chi connectivity index (χ4v) is 3.94. The van der Waals surface area contributed by atoms with Crippen LogP contribution in [0.2, 0.25) is 0 Å². The number of amides is 1. The van der Waals surface area contributed by atoms with Crippen LogP contribution >= 0.6 is 0 Å². The monoisotopic (exact) mass is 406 g/mol. The molecule has 0 atom stereocenters. The molecule has 0 saturated heterocycles. The molecule has 1 fully saturated rings. The van der Waals surface area contributed by atoms with E-state index in [0.717, 1.165) is 18.4 Å². The van der Waals surface area contributed by atoms with Crippen molar-refractivity contribution in [2.45, 2.75) is 25.2 Å². The smallest absolute Gasteiger partial charge is 0.260 e. The molecule has 2 aliphatic rings. The van der Waals surface area contributed by atoms with E-state index in [1.54, 1.807) is 13.0 Å². The molecule has 0 unspecified atom stereocenters. The zero-order valence-electron chi connectivity index (χ0n) is 16.2. The highest BCUT2D eigenvalue weighted by Gasteiger charge is 2.43. The number of nitrogens with one attached hydrogen (secondary N) is 1. The van der Waals surface area contributed by atoms with E-state index in [-0.39, 0.29) is 34.8 Å². The summed E-state index contributed by atoms with van der Waals surface area (Å²) in [7, 11) is 0. The number of aliphatic hydroxyl groups excluding tert-OH is 2. The predicted molar refractivity (Wildman–Crippen MR) is 109 cm³/mol. The Labute approximate surface area is 171 Å². The second-order valence-corrected chi connectivity index (χ2v) is 7.90. The fourth-order valence-electron chi connectivity index (χ4n) is 3.94. The number of anilines is 1. The number of hydrogen-bond donors (Lipinski definition) is 3. The number of fused-ring (bicyclic) bond motifs is 1. The Kier molecular flexibility index (Phi) is 4.04. The lowest BCUT2D eigenvalue weighted by atomic mass is 9.93. The van der Waals surface area contributed by atoms with E-state index in [9.17, 15) is 19.4 Å². The van der Waals surface area contributed by atoms with Gasteiger partial charge in [-0.1, -0.05) is 29.4 Å². The van der Waals surface area contributed by atoms with Crippen molar-refractivity contribution in [1.29, 1.82) is 0 Å². The molecule has 5 rings (SSSR count). The van der Waals surface area contributed by atoms with Crippen LogP contribution in [0.3, 0.4) is 0 Å². The SMILES string of the molecule is Cc1cc(C(O)=C2C(=O)Nc3cc(F)c(-c4ccc(C5(CO)CC5)cc4)cc32)on1. The molecule has 2 heterocycles. The van der Waals surface area contributed by atoms with Gasteiger partial charge in [-0.05, 0) is 43.0 Å². The zero-order valence-corrected chi connectivity index (χ0v) is 16.2. The average Bonchev–Trinajstić information content (AvgIpc) is 3.32. The number of carbonyl (C=O) groups excluding carboxylic acids is 1. The number of rotatable bonds is 4. The van der Waals surface area contributed by atoms with Gasteiger partial charge in [0, 0.05) is 22.6 Å². The average molecular weight is 406 g/mol. The minimum absolute atomic E-state index is 0.0104. The van der Waals surface area contributed by atoms with Crippen molar-refractivity contribution in [2.24, 2.45) is 0 Å². The first-order valence-electron chi connectivity index (χ1n) is 9.66. The Morgan fingerprint density at radius 3 is 2.53 bits per heavy atom. The van der Waals surface area contributed by atoms with Crippen molar-refractivity contribution >= 4 is 22.9 Å². The number of nitrogens with zero attached hydrogens (tertiary/aromatic N) is 1. The van der Waals surface area contributed by atoms with Crippen LogP contribution in [0.1, 0.15) is 35.4 Å². The molecule has 3 N–H and O–H groups in total. The summed E-state index contributed by atoms with van der Waals surface area (Å²) in [6, 6.07) is 11.7. The summed E-state index contributed by atoms with van der Waals surface area (Å²) < 4.78 is 19.9. The lowest BCUT2D eigenvalue weighted by Gasteiger charge is -2.13. The van der Waals surface area contributed by atoms with Crippen LogP contribution in [0.15, 0.2) is 47.0 Å². The van der Waals surface area contributed by atoms with Gasteiger partial charge in [-0.15, -0.1) is 0 Å². The molecular weight excluding hydrogens is 387 g/mol. The molecule has 3 aromatic rings. The van der Waals surface area contributed by atoms with Gasteiger partial charge in [-0.2, -0.15) is 0 Å². The predicted octanol–water partition coefficient (Wildman–Crippen LogP) is 4.19. The van der Waals surface area contributed by atoms with E-state index in [2.05, 4.69) is 10.5 Å². The molecule has 6 nitrogen and oxygen atoms in total. The van der Waals surface area contributed by atoms with Gasteiger partial charge in [-0.25, -0.2) is 4.39 Å². The largest absolute Gasteiger partial charge is 0.504 e. The van der Waals surface area contributed by atoms with Crippen molar-refractivity contribution in [3.05, 3.63) is 70.9 Å². The van der Waals surface area contributed by atoms with Crippen molar-refractivity contribution < 1.29 is 23.9 Å². The van der Waals surface area contributed by atoms with Crippen LogP contribution < -0.4 is 5.32 Å². The van der Waals surface area contributed by atoms with Crippen LogP contribution in [0.4, 0.5) is 10.1 Å². The third-order valence-electron chi connectivity index (χ3n) is 5.91. The number of aliphatic hydroxyl groups is 2. The second kappa shape index (κ2) is 6.53. The van der Waals surface area contributed by atoms with E-state index in [1.807, 2.05) is 24.3 Å². The molecule has 1 aliphatic heterocycles. The van der Waals surface area contributed by atoms with Gasteiger partial charge in [0.05, 0.1) is 23.6 Å². The van der Waals surface area contributed by atoms with Crippen LogP contribution in [0.25, 0.3) is 22.5 Å². The normalized spacial score (nSPS) is 18.2. The van der Waals surface area contributed by atoms with Crippen LogP contribution in [-0.4, -0.2) is 27.9 Å². The van der Waals surface area contributed by atoms with Crippen LogP contribution in [0.5, 0.6) is 0 Å². The Hall–Kier alpha value is -3.45. The molecule has 1 aliphatic carbocycles. The lowest BCUT2D eigenvalue weighted by molar-refractivity contribution is -0.110. The van der Waals surface area contributed by atoms with Crippen molar-refractivity contribution in [3.63, 3.8) is 0 Å². The lowest BCUT2D eigenvalue weighted by Crippen LogP contribution is -2.11. The summed E-state index contributed by atoms with van der Waals surface area (Å²) in [5, 5.41) is 26.5. The molecule has 2 aromatic carbocycles. The van der Waals surface area contributed by atoms with E-state index < -0.39 is 11.7 Å². The van der Waals surface area contributed by atoms with E-state index >= 15 is 0 Å². The number of aromatic nitrogens is 1. The zero-order chi connectivity index (χ0) is 21.0. The highest BCUT2D eigenvalue weighted by atomic mass is 19.1. The Bertz CT molecular complexity index is 1210. The second-order valence-electron chi connectivity index (χ2n) is 7.90. The number of carbonyl (C=O) groups is 1. The maximum atomic E-state index is 14.8. The summed E-state index contributed by atoms with van der Waals surface area (Å²) in [6.07, 6.45) is 1.89. The highest BCUT2D eigenvalue weighted by molar-refractivity contribution is 6.36. The topological polar surface area (TPSA) is 95.6 Å². The molecule has 0 bridgehead atoms. The number of halogens is 1. The van der Waals surface area contributed by atoms with Crippen molar-refractivity contribution in [3.8, 4) is 11.1 Å². The Morgan fingerprint density at radius 1 is 1.20 bits per heavy atom. The van der Waals surface area contributed by atoms with Crippen molar-refractivity contribution in [2.75, 3.05) is 11.9 Å². The molecule has 152 valence electrons. The minimum Gasteiger partial charge on any atom is -0.504 e. The van der Waals surface area contributed by atoms with E-state index in [0.29, 0.717) is 22.4 Å². The molecule has 7 heteroatoms. The van der Waals surface area contributed by atoms with E-state index in [1.165, 1.54) is 12.1 Å². The summed E-state index contributed by atoms with van der Waals surface area (Å²) >= 11 is 0. The molecule has 0 spiro atoms. The maximum Gasteiger partial charge on any atom is 0.260 e. The fraction of sp³-hybridized carbons (Fsp3) is 0.217. The van der Waals surface area contributed by atoms with Crippen LogP contribution in [0, 0.1) is 12.7 Å². The van der Waals surface area contributed by atoms with Gasteiger partial charge in [0.15, 0.2) is 5.76 Å². The quantitative estimate of drug-likeness (QED) is 0.446. The maximum absolute atomic E-state index is 14.8. The standard InChI is InChI=1S/C23H19FN2O4/c1-12-8-19(30-26-12)21(28)20-16-9-15(17(24)10-18(16)25-22(20)29)13-2-4-14(5-3-13)23(11-27)6-7-23/h2-5,8-10,27-28H,6-7,11H2,1H3,(H,25,29). The Balaban J connectivity index is 1.59. The minimum atomic E-state index is -0.540. The van der Waals surface area contributed by atoms with Gasteiger partial charge >= 0.3 is 0 Å². The van der Waals surface area contributed by atoms with Gasteiger partial charge in [0.25, 0.3) is 5.91 Å². The summed E-state index contributed by atoms with van der Waals surface area (Å²) in [5.74, 6) is -1.30. The molecule has 1 amide bonds. The number of benzene rings is 2. The van der Waals surface area contributed by atoms with Gasteiger partial charge in [0.1, 0.15) is 5.82 Å². The number of aryl methyl sites for hydroxylation is 1. The van der Waals surface area contributed by atoms with Crippen LogP contribution in [-0.2, 0) is 10.2 Å². The molecule has 0 radical (unpaired) electrons. The Morgan fingerprint density at radius 2 is 1.93 bits per heavy atom.